The van der Waals surface area contributed by atoms with Crippen LogP contribution in [0.2, 0.25) is 0 Å². The van der Waals surface area contributed by atoms with Crippen molar-refractivity contribution < 1.29 is 39.5 Å². The first-order chi connectivity index (χ1) is 19.8. The Kier molecular flexibility index (Phi) is 11.9. The van der Waals surface area contributed by atoms with Gasteiger partial charge in [-0.05, 0) is 38.3 Å². The molecule has 0 saturated heterocycles. The van der Waals surface area contributed by atoms with Gasteiger partial charge in [0.25, 0.3) is 20.2 Å². The van der Waals surface area contributed by atoms with Gasteiger partial charge < -0.3 is 14.8 Å². The second-order valence-corrected chi connectivity index (χ2v) is 13.6. The standard InChI is InChI=1S/C29H36N2O9S2/c1-29(2,3)40-28(32)30-15-10-16-37-27-17-25(19-38-41(33,34)21-23-11-6-4-7-12-23)31-26(18-27)20-39-42(35,36)22-24-13-8-5-9-14-24/h4-9,11-14,17-18H,10,15-16,19-22H2,1-3H3,(H,30,32). The molecule has 0 fully saturated rings. The summed E-state index contributed by atoms with van der Waals surface area (Å²) in [7, 11) is -7.87. The number of amides is 1. The minimum atomic E-state index is -3.93. The molecule has 2 aromatic carbocycles. The lowest BCUT2D eigenvalue weighted by Crippen LogP contribution is -2.33. The zero-order valence-electron chi connectivity index (χ0n) is 23.8. The number of benzene rings is 2. The fourth-order valence-electron chi connectivity index (χ4n) is 3.56. The number of pyridine rings is 1. The van der Waals surface area contributed by atoms with Crippen LogP contribution in [0.3, 0.4) is 0 Å². The van der Waals surface area contributed by atoms with E-state index in [2.05, 4.69) is 10.3 Å². The van der Waals surface area contributed by atoms with E-state index in [0.717, 1.165) is 0 Å². The van der Waals surface area contributed by atoms with Crippen LogP contribution in [0.15, 0.2) is 72.8 Å². The molecule has 11 nitrogen and oxygen atoms in total. The van der Waals surface area contributed by atoms with Gasteiger partial charge in [0.15, 0.2) is 0 Å². The first-order valence-corrected chi connectivity index (χ1v) is 16.4. The third-order valence-corrected chi connectivity index (χ3v) is 7.64. The van der Waals surface area contributed by atoms with Crippen molar-refractivity contribution in [2.75, 3.05) is 13.2 Å². The molecule has 228 valence electrons. The van der Waals surface area contributed by atoms with Crippen LogP contribution < -0.4 is 10.1 Å². The molecular formula is C29H36N2O9S2. The molecule has 0 spiro atoms. The lowest BCUT2D eigenvalue weighted by molar-refractivity contribution is 0.0525. The van der Waals surface area contributed by atoms with E-state index in [0.29, 0.717) is 29.8 Å². The molecule has 0 aliphatic heterocycles. The fourth-order valence-corrected chi connectivity index (χ4v) is 5.53. The van der Waals surface area contributed by atoms with Crippen molar-refractivity contribution in [1.29, 1.82) is 0 Å². The molecule has 1 N–H and O–H groups in total. The Morgan fingerprint density at radius 3 is 1.71 bits per heavy atom. The highest BCUT2D eigenvalue weighted by atomic mass is 32.2. The van der Waals surface area contributed by atoms with Crippen LogP contribution in [0.25, 0.3) is 0 Å². The number of carbonyl (C=O) groups excluding carboxylic acids is 1. The van der Waals surface area contributed by atoms with E-state index in [1.807, 2.05) is 0 Å². The van der Waals surface area contributed by atoms with E-state index in [-0.39, 0.29) is 29.5 Å². The highest BCUT2D eigenvalue weighted by Gasteiger charge is 2.18. The van der Waals surface area contributed by atoms with Gasteiger partial charge in [0.05, 0.1) is 18.0 Å². The first kappa shape index (κ1) is 33.0. The molecule has 0 aliphatic carbocycles. The number of rotatable bonds is 15. The molecule has 0 radical (unpaired) electrons. The van der Waals surface area contributed by atoms with Crippen molar-refractivity contribution in [1.82, 2.24) is 10.3 Å². The quantitative estimate of drug-likeness (QED) is 0.191. The fraction of sp³-hybridized carbons (Fsp3) is 0.379. The zero-order valence-corrected chi connectivity index (χ0v) is 25.4. The van der Waals surface area contributed by atoms with Crippen LogP contribution in [0, 0.1) is 0 Å². The third kappa shape index (κ3) is 13.0. The van der Waals surface area contributed by atoms with Gasteiger partial charge in [0.2, 0.25) is 0 Å². The molecule has 1 amide bonds. The van der Waals surface area contributed by atoms with Crippen molar-refractivity contribution in [3.63, 3.8) is 0 Å². The largest absolute Gasteiger partial charge is 0.493 e. The Morgan fingerprint density at radius 1 is 0.786 bits per heavy atom. The number of carbonyl (C=O) groups is 1. The SMILES string of the molecule is CC(C)(C)OC(=O)NCCCOc1cc(COS(=O)(=O)Cc2ccccc2)nc(COS(=O)(=O)Cc2ccccc2)c1. The van der Waals surface area contributed by atoms with Crippen molar-refractivity contribution in [2.24, 2.45) is 0 Å². The minimum Gasteiger partial charge on any atom is -0.493 e. The van der Waals surface area contributed by atoms with E-state index in [4.69, 9.17) is 17.8 Å². The summed E-state index contributed by atoms with van der Waals surface area (Å²) in [5, 5.41) is 2.63. The number of ether oxygens (including phenoxy) is 2. The molecule has 0 bridgehead atoms. The maximum atomic E-state index is 12.5. The Morgan fingerprint density at radius 2 is 1.26 bits per heavy atom. The van der Waals surface area contributed by atoms with Crippen LogP contribution in [-0.4, -0.2) is 46.7 Å². The topological polar surface area (TPSA) is 147 Å². The summed E-state index contributed by atoms with van der Waals surface area (Å²) < 4.78 is 71.5. The summed E-state index contributed by atoms with van der Waals surface area (Å²) in [6.07, 6.45) is -0.102. The number of hydrogen-bond acceptors (Lipinski definition) is 10. The Balaban J connectivity index is 1.65. The van der Waals surface area contributed by atoms with Gasteiger partial charge in [-0.25, -0.2) is 4.79 Å². The van der Waals surface area contributed by atoms with Gasteiger partial charge in [0.1, 0.15) is 36.1 Å². The van der Waals surface area contributed by atoms with Crippen LogP contribution in [0.1, 0.15) is 49.7 Å². The smallest absolute Gasteiger partial charge is 0.407 e. The lowest BCUT2D eigenvalue weighted by atomic mass is 10.2. The molecule has 0 unspecified atom stereocenters. The number of nitrogens with one attached hydrogen (secondary N) is 1. The van der Waals surface area contributed by atoms with E-state index in [9.17, 15) is 21.6 Å². The van der Waals surface area contributed by atoms with Crippen molar-refractivity contribution in [2.45, 2.75) is 57.5 Å². The van der Waals surface area contributed by atoms with Crippen LogP contribution in [-0.2, 0) is 58.1 Å². The predicted molar refractivity (Wildman–Crippen MR) is 156 cm³/mol. The number of aromatic nitrogens is 1. The summed E-state index contributed by atoms with van der Waals surface area (Å²) in [5.74, 6) is -0.328. The number of nitrogens with zero attached hydrogens (tertiary/aromatic N) is 1. The molecule has 0 aliphatic rings. The highest BCUT2D eigenvalue weighted by molar-refractivity contribution is 7.86. The second-order valence-electron chi connectivity index (χ2n) is 10.3. The molecule has 13 heteroatoms. The second kappa shape index (κ2) is 15.1. The molecule has 0 saturated carbocycles. The molecule has 3 rings (SSSR count). The van der Waals surface area contributed by atoms with E-state index in [1.165, 1.54) is 12.1 Å². The molecule has 1 heterocycles. The van der Waals surface area contributed by atoms with Gasteiger partial charge >= 0.3 is 6.09 Å². The summed E-state index contributed by atoms with van der Waals surface area (Å²) >= 11 is 0. The maximum absolute atomic E-state index is 12.5. The van der Waals surface area contributed by atoms with Gasteiger partial charge in [0, 0.05) is 18.7 Å². The van der Waals surface area contributed by atoms with E-state index >= 15 is 0 Å². The van der Waals surface area contributed by atoms with Crippen LogP contribution >= 0.6 is 0 Å². The van der Waals surface area contributed by atoms with Crippen molar-refractivity contribution >= 4 is 26.3 Å². The van der Waals surface area contributed by atoms with Gasteiger partial charge in [-0.1, -0.05) is 60.7 Å². The van der Waals surface area contributed by atoms with E-state index in [1.54, 1.807) is 81.4 Å². The van der Waals surface area contributed by atoms with Crippen LogP contribution in [0.4, 0.5) is 4.79 Å². The summed E-state index contributed by atoms with van der Waals surface area (Å²) in [5.41, 5.74) is 0.934. The monoisotopic (exact) mass is 620 g/mol. The zero-order chi connectivity index (χ0) is 30.6. The average molecular weight is 621 g/mol. The number of hydrogen-bond donors (Lipinski definition) is 1. The molecule has 0 atom stereocenters. The highest BCUT2D eigenvalue weighted by Crippen LogP contribution is 2.19. The minimum absolute atomic E-state index is 0.193. The molecular weight excluding hydrogens is 584 g/mol. The third-order valence-electron chi connectivity index (χ3n) is 5.31. The van der Waals surface area contributed by atoms with E-state index < -0.39 is 45.1 Å². The molecule has 1 aromatic heterocycles. The summed E-state index contributed by atoms with van der Waals surface area (Å²) in [4.78, 5) is 16.1. The number of alkyl carbamates (subject to hydrolysis) is 1. The van der Waals surface area contributed by atoms with Gasteiger partial charge in [-0.2, -0.15) is 16.8 Å². The Labute approximate surface area is 247 Å². The molecule has 3 aromatic rings. The van der Waals surface area contributed by atoms with Crippen molar-refractivity contribution in [3.05, 3.63) is 95.3 Å². The maximum Gasteiger partial charge on any atom is 0.407 e. The summed E-state index contributed by atoms with van der Waals surface area (Å²) in [6, 6.07) is 20.2. The van der Waals surface area contributed by atoms with Crippen molar-refractivity contribution in [3.8, 4) is 5.75 Å². The first-order valence-electron chi connectivity index (χ1n) is 13.2. The lowest BCUT2D eigenvalue weighted by Gasteiger charge is -2.19. The molecule has 42 heavy (non-hydrogen) atoms. The summed E-state index contributed by atoms with van der Waals surface area (Å²) in [6.45, 7) is 5.00. The Hall–Kier alpha value is -3.52. The average Bonchev–Trinajstić information content (AvgIpc) is 2.90. The Bertz CT molecular complexity index is 1410. The van der Waals surface area contributed by atoms with Gasteiger partial charge in [-0.3, -0.25) is 13.4 Å². The van der Waals surface area contributed by atoms with Crippen LogP contribution in [0.5, 0.6) is 5.75 Å². The predicted octanol–water partition coefficient (Wildman–Crippen LogP) is 4.47. The van der Waals surface area contributed by atoms with Gasteiger partial charge in [-0.15, -0.1) is 0 Å². The normalized spacial score (nSPS) is 12.1.